The topological polar surface area (TPSA) is 275 Å². The number of fused-ring (bicyclic) bond motifs is 2. The number of anilines is 5. The molecule has 0 unspecified atom stereocenters. The van der Waals surface area contributed by atoms with Gasteiger partial charge in [0.25, 0.3) is 0 Å². The van der Waals surface area contributed by atoms with Gasteiger partial charge in [0, 0.05) is 57.6 Å². The molecule has 3 saturated carbocycles. The van der Waals surface area contributed by atoms with Gasteiger partial charge >= 0.3 is 58.4 Å². The second-order valence-electron chi connectivity index (χ2n) is 19.5. The number of sulfonamides is 2. The predicted molar refractivity (Wildman–Crippen MR) is 344 cm³/mol. The van der Waals surface area contributed by atoms with E-state index >= 15 is 0 Å². The molecule has 0 atom stereocenters. The van der Waals surface area contributed by atoms with Crippen LogP contribution < -0.4 is 82.7 Å². The molecule has 2 amide bonds. The molecule has 5 aromatic heterocycles. The minimum atomic E-state index is -5.00. The van der Waals surface area contributed by atoms with Crippen LogP contribution in [-0.4, -0.2) is 84.7 Å². The summed E-state index contributed by atoms with van der Waals surface area (Å²) >= 11 is 26.4. The van der Waals surface area contributed by atoms with Gasteiger partial charge in [-0.3, -0.25) is 19.0 Å². The van der Waals surface area contributed by atoms with Crippen LogP contribution in [0.25, 0.3) is 31.6 Å². The van der Waals surface area contributed by atoms with Gasteiger partial charge in [-0.15, -0.1) is 5.46 Å². The van der Waals surface area contributed by atoms with Crippen molar-refractivity contribution in [2.24, 2.45) is 0 Å². The fourth-order valence-electron chi connectivity index (χ4n) is 8.84. The molecule has 3 aliphatic rings. The maximum Gasteiger partial charge on any atom is 1.00 e. The molecule has 0 spiro atoms. The zero-order valence-corrected chi connectivity index (χ0v) is 59.3. The average Bonchev–Trinajstić information content (AvgIpc) is 2.80. The number of carbonyl (C=O) groups excluding carboxylic acids is 2. The average molecular weight is 1510 g/mol. The molecule has 7 aromatic rings. The number of pyridine rings is 3. The SMILES string of the molecule is CC(=O)Nc1nc2ccc(-c3cnc(Cl)c(NS(=O)(=O)C4CCCCC4)c3)cc2s1.CC(=O)Nc1nc2ccc([B-](F)(F)F)cc2s1.Nc1cc(Br)cnc1Cl.O=S(=O)(Cl)C1CCCCC1.O=S(=O)(Nc1cc(Br)cnc1Cl)C1CCCCC1.[K+]. The molecular weight excluding hydrogens is 1450 g/mol. The Bertz CT molecular complexity index is 3800. The second kappa shape index (κ2) is 33.5. The van der Waals surface area contributed by atoms with Crippen LogP contribution in [0.2, 0.25) is 15.5 Å². The van der Waals surface area contributed by atoms with Crippen molar-refractivity contribution in [2.45, 2.75) is 126 Å². The summed E-state index contributed by atoms with van der Waals surface area (Å²) in [6, 6.07) is 14.1. The van der Waals surface area contributed by atoms with Crippen molar-refractivity contribution in [3.63, 3.8) is 0 Å². The Balaban J connectivity index is 0.000000208. The number of benzene rings is 2. The van der Waals surface area contributed by atoms with Gasteiger partial charge in [-0.2, -0.15) is 0 Å². The summed E-state index contributed by atoms with van der Waals surface area (Å²) in [5.74, 6) is -0.476. The maximum absolute atomic E-state index is 12.8. The first-order valence-corrected chi connectivity index (χ1v) is 35.9. The van der Waals surface area contributed by atoms with Crippen molar-refractivity contribution in [2.75, 3.05) is 25.8 Å². The number of aromatic nitrogens is 5. The number of nitrogen functional groups attached to an aromatic ring is 1. The molecular formula is C51H57BBr2Cl4F3KN10O8S5. The first kappa shape index (κ1) is 73.2. The largest absolute Gasteiger partial charge is 1.00 e. The van der Waals surface area contributed by atoms with E-state index < -0.39 is 46.8 Å². The van der Waals surface area contributed by atoms with Crippen molar-refractivity contribution >= 4 is 201 Å². The molecule has 0 saturated heterocycles. The monoisotopic (exact) mass is 1500 g/mol. The minimum Gasteiger partial charge on any atom is -0.445 e. The number of rotatable bonds is 11. The zero-order chi connectivity index (χ0) is 61.6. The molecule has 3 aliphatic carbocycles. The van der Waals surface area contributed by atoms with Crippen LogP contribution in [0.4, 0.5) is 40.3 Å². The Labute approximate surface area is 578 Å². The Morgan fingerprint density at radius 1 is 0.576 bits per heavy atom. The first-order chi connectivity index (χ1) is 39.5. The van der Waals surface area contributed by atoms with Gasteiger partial charge in [0.2, 0.25) is 40.9 Å². The van der Waals surface area contributed by atoms with E-state index in [0.717, 1.165) is 120 Å². The fourth-order valence-corrected chi connectivity index (χ4v) is 16.5. The Morgan fingerprint density at radius 2 is 0.988 bits per heavy atom. The van der Waals surface area contributed by atoms with Gasteiger partial charge in [0.05, 0.1) is 53.2 Å². The van der Waals surface area contributed by atoms with E-state index in [1.165, 1.54) is 37.4 Å². The smallest absolute Gasteiger partial charge is 0.445 e. The van der Waals surface area contributed by atoms with Crippen LogP contribution in [0.3, 0.4) is 0 Å². The molecule has 5 heterocycles. The third kappa shape index (κ3) is 23.3. The fraction of sp³-hybridized carbons (Fsp3) is 0.392. The number of nitrogens with two attached hydrogens (primary N) is 1. The molecule has 10 rings (SSSR count). The quantitative estimate of drug-likeness (QED) is 0.0458. The summed E-state index contributed by atoms with van der Waals surface area (Å²) in [7, 11) is -4.96. The van der Waals surface area contributed by atoms with Gasteiger partial charge in [-0.1, -0.05) is 133 Å². The molecule has 456 valence electrons. The number of nitrogens with one attached hydrogen (secondary N) is 4. The van der Waals surface area contributed by atoms with E-state index in [1.807, 2.05) is 18.2 Å². The zero-order valence-electron chi connectivity index (χ0n) is 45.9. The predicted octanol–water partition coefficient (Wildman–Crippen LogP) is 11.9. The number of nitrogens with zero attached hydrogens (tertiary/aromatic N) is 5. The normalized spacial score (nSPS) is 15.2. The van der Waals surface area contributed by atoms with Gasteiger partial charge in [0.1, 0.15) is 0 Å². The van der Waals surface area contributed by atoms with E-state index in [9.17, 15) is 47.8 Å². The maximum atomic E-state index is 12.8. The van der Waals surface area contributed by atoms with Gasteiger partial charge in [-0.25, -0.2) is 50.2 Å². The molecule has 18 nitrogen and oxygen atoms in total. The molecule has 34 heteroatoms. The van der Waals surface area contributed by atoms with Crippen molar-refractivity contribution in [3.05, 3.63) is 97.6 Å². The van der Waals surface area contributed by atoms with E-state index in [0.29, 0.717) is 67.2 Å². The first-order valence-electron chi connectivity index (χ1n) is 26.0. The number of carbonyl (C=O) groups is 2. The molecule has 3 fully saturated rings. The van der Waals surface area contributed by atoms with E-state index in [4.69, 9.17) is 51.2 Å². The summed E-state index contributed by atoms with van der Waals surface area (Å²) in [4.78, 5) is 42.3. The van der Waals surface area contributed by atoms with Gasteiger partial charge < -0.3 is 29.3 Å². The van der Waals surface area contributed by atoms with Crippen LogP contribution in [0.1, 0.15) is 110 Å². The van der Waals surface area contributed by atoms with Crippen LogP contribution in [-0.2, 0) is 38.7 Å². The summed E-state index contributed by atoms with van der Waals surface area (Å²) in [6.45, 7) is -2.25. The number of amides is 2. The molecule has 85 heavy (non-hydrogen) atoms. The van der Waals surface area contributed by atoms with Crippen molar-refractivity contribution in [1.82, 2.24) is 24.9 Å². The summed E-state index contributed by atoms with van der Waals surface area (Å²) in [6.07, 6.45) is 18.2. The summed E-state index contributed by atoms with van der Waals surface area (Å²) < 4.78 is 117. The Morgan fingerprint density at radius 3 is 1.41 bits per heavy atom. The summed E-state index contributed by atoms with van der Waals surface area (Å²) in [5, 5.41) is 5.62. The van der Waals surface area contributed by atoms with E-state index in [1.54, 1.807) is 30.6 Å². The molecule has 2 aromatic carbocycles. The third-order valence-electron chi connectivity index (χ3n) is 13.0. The molecule has 0 radical (unpaired) electrons. The summed E-state index contributed by atoms with van der Waals surface area (Å²) in [5.41, 5.74) is 8.64. The van der Waals surface area contributed by atoms with Crippen molar-refractivity contribution in [3.8, 4) is 11.1 Å². The Kier molecular flexibility index (Phi) is 28.9. The number of hydrogen-bond donors (Lipinski definition) is 5. The van der Waals surface area contributed by atoms with Crippen LogP contribution >= 0.6 is 100 Å². The molecule has 0 bridgehead atoms. The number of halogens is 9. The third-order valence-corrected chi connectivity index (χ3v) is 22.4. The van der Waals surface area contributed by atoms with Crippen molar-refractivity contribution in [1.29, 1.82) is 0 Å². The van der Waals surface area contributed by atoms with Crippen LogP contribution in [0.5, 0.6) is 0 Å². The molecule has 6 N–H and O–H groups in total. The number of hydrogen-bond acceptors (Lipinski definition) is 16. The minimum absolute atomic E-state index is 0. The van der Waals surface area contributed by atoms with Gasteiger partial charge in [-0.05, 0) is 112 Å². The van der Waals surface area contributed by atoms with Crippen LogP contribution in [0, 0.1) is 0 Å². The Hall–Kier alpha value is -2.53. The van der Waals surface area contributed by atoms with Crippen molar-refractivity contribution < 1.29 is 99.2 Å². The van der Waals surface area contributed by atoms with Crippen LogP contribution in [0.15, 0.2) is 82.1 Å². The molecule has 0 aliphatic heterocycles. The second-order valence-corrected chi connectivity index (χ2v) is 31.3. The standard InChI is InChI=1S/C20H21ClN4O3S2.C11H14BrClN2O2S.C9H7BF3N2OS.C6H11ClO2S.C5H4BrClN2.K/c1-12(26)23-20-24-16-8-7-13(10-18(16)29-20)14-9-17(19(21)22-11-14)25-30(27,28)15-5-3-2-4-6-15;12-8-6-10(11(13)14-7-8)15-18(16,17)9-4-2-1-3-5-9;1-5(16)14-9-15-7-3-2-6(10(11,12)13)4-8(7)17-9;7-10(8,9)6-4-2-1-3-5-6;6-3-1-4(8)5(7)9-2-3;/h7-11,15,25H,2-6H2,1H3,(H,23,24,26);6-7,9,15H,1-5H2;2-4H,1H3,(H,14,15,16);6H,1-5H2;1-2H,8H2;/q;;-1;;;+1. The van der Waals surface area contributed by atoms with E-state index in [2.05, 4.69) is 76.9 Å². The number of thiazole rings is 2. The van der Waals surface area contributed by atoms with Gasteiger partial charge in [0.15, 0.2) is 25.7 Å². The van der Waals surface area contributed by atoms with E-state index in [-0.39, 0.29) is 89.7 Å².